The molecular weight excluding hydrogens is 935 g/mol. The van der Waals surface area contributed by atoms with Crippen molar-refractivity contribution in [2.24, 2.45) is 0 Å². The fourth-order valence-electron chi connectivity index (χ4n) is 11.1. The number of allylic oxidation sites excluding steroid dienone is 1. The van der Waals surface area contributed by atoms with Crippen molar-refractivity contribution in [3.63, 3.8) is 0 Å². The summed E-state index contributed by atoms with van der Waals surface area (Å²) in [5, 5.41) is 54.6. The van der Waals surface area contributed by atoms with E-state index in [1.807, 2.05) is 6.08 Å². The Hall–Kier alpha value is -1.07. The fraction of sp³-hybridized carbons (Fsp3) is 0.955. The van der Waals surface area contributed by atoms with E-state index in [4.69, 9.17) is 9.47 Å². The van der Waals surface area contributed by atoms with Gasteiger partial charge in [0.25, 0.3) is 0 Å². The first-order valence-corrected chi connectivity index (χ1v) is 33.4. The fourth-order valence-corrected chi connectivity index (χ4v) is 11.1. The first-order chi connectivity index (χ1) is 36.8. The number of carbonyl (C=O) groups is 1. The highest BCUT2D eigenvalue weighted by Gasteiger charge is 2.44. The largest absolute Gasteiger partial charge is 0.394 e. The zero-order valence-corrected chi connectivity index (χ0v) is 49.8. The molecule has 1 saturated heterocycles. The number of ether oxygens (including phenoxy) is 2. The van der Waals surface area contributed by atoms with Crippen LogP contribution in [-0.2, 0) is 14.3 Å². The molecule has 75 heavy (non-hydrogen) atoms. The van der Waals surface area contributed by atoms with Gasteiger partial charge < -0.3 is 40.3 Å². The molecule has 0 aliphatic carbocycles. The van der Waals surface area contributed by atoms with E-state index in [2.05, 4.69) is 19.2 Å². The van der Waals surface area contributed by atoms with Crippen LogP contribution in [0.4, 0.5) is 0 Å². The standard InChI is InChI=1S/C66H129NO8/c1-3-5-7-9-11-13-15-17-19-21-22-23-24-25-26-27-28-29-30-31-32-33-34-35-36-37-38-39-40-42-44-46-48-50-52-54-56-62(70)67-59(58-74-66-65(73)64(72)63(71)61(57-68)75-66)60(69)55-53-51-49-47-45-43-41-20-18-16-14-12-10-8-6-4-2/h53,55,59-61,63-66,68-69,71-73H,3-52,54,56-58H2,1-2H3,(H,67,70)/b55-53+/t59-,60+,61+,63-,64?,65?,66+/m0/s1. The molecule has 0 aromatic carbocycles. The number of unbranched alkanes of at least 4 members (excludes halogenated alkanes) is 49. The molecule has 0 spiro atoms. The Balaban J connectivity index is 2.05. The minimum absolute atomic E-state index is 0.169. The molecule has 2 unspecified atom stereocenters. The molecule has 1 rings (SSSR count). The van der Waals surface area contributed by atoms with Crippen LogP contribution < -0.4 is 5.32 Å². The molecule has 1 fully saturated rings. The van der Waals surface area contributed by atoms with Gasteiger partial charge in [-0.15, -0.1) is 0 Å². The summed E-state index contributed by atoms with van der Waals surface area (Å²) in [7, 11) is 0. The van der Waals surface area contributed by atoms with Crippen molar-refractivity contribution >= 4 is 5.91 Å². The third-order valence-electron chi connectivity index (χ3n) is 16.4. The predicted octanol–water partition coefficient (Wildman–Crippen LogP) is 17.5. The van der Waals surface area contributed by atoms with Crippen LogP contribution in [0.15, 0.2) is 12.2 Å². The van der Waals surface area contributed by atoms with Crippen molar-refractivity contribution in [2.75, 3.05) is 13.2 Å². The van der Waals surface area contributed by atoms with Crippen LogP contribution in [0.25, 0.3) is 0 Å². The molecule has 9 heteroatoms. The maximum Gasteiger partial charge on any atom is 0.220 e. The quantitative estimate of drug-likeness (QED) is 0.0261. The molecule has 0 bridgehead atoms. The van der Waals surface area contributed by atoms with Gasteiger partial charge in [-0.3, -0.25) is 4.79 Å². The van der Waals surface area contributed by atoms with Gasteiger partial charge in [-0.2, -0.15) is 0 Å². The molecule has 1 heterocycles. The van der Waals surface area contributed by atoms with Crippen molar-refractivity contribution in [2.45, 2.75) is 391 Å². The van der Waals surface area contributed by atoms with Crippen LogP contribution in [0, 0.1) is 0 Å². The molecule has 7 atom stereocenters. The van der Waals surface area contributed by atoms with Gasteiger partial charge in [0, 0.05) is 6.42 Å². The Kier molecular flexibility index (Phi) is 53.9. The first-order valence-electron chi connectivity index (χ1n) is 33.4. The second-order valence-corrected chi connectivity index (χ2v) is 23.6. The number of amides is 1. The number of carbonyl (C=O) groups excluding carboxylic acids is 1. The average Bonchev–Trinajstić information content (AvgIpc) is 3.41. The normalized spacial score (nSPS) is 18.8. The molecule has 9 nitrogen and oxygen atoms in total. The van der Waals surface area contributed by atoms with Crippen molar-refractivity contribution in [1.29, 1.82) is 0 Å². The van der Waals surface area contributed by atoms with E-state index in [0.29, 0.717) is 6.42 Å². The second kappa shape index (κ2) is 56.2. The van der Waals surface area contributed by atoms with Gasteiger partial charge in [-0.1, -0.05) is 334 Å². The van der Waals surface area contributed by atoms with Crippen LogP contribution in [-0.4, -0.2) is 87.5 Å². The van der Waals surface area contributed by atoms with Gasteiger partial charge in [0.15, 0.2) is 6.29 Å². The molecule has 0 saturated carbocycles. The lowest BCUT2D eigenvalue weighted by Gasteiger charge is -2.40. The minimum Gasteiger partial charge on any atom is -0.394 e. The van der Waals surface area contributed by atoms with E-state index < -0.39 is 49.5 Å². The van der Waals surface area contributed by atoms with Crippen molar-refractivity contribution in [3.05, 3.63) is 12.2 Å². The summed E-state index contributed by atoms with van der Waals surface area (Å²) in [4.78, 5) is 13.1. The predicted molar refractivity (Wildman–Crippen MR) is 318 cm³/mol. The summed E-state index contributed by atoms with van der Waals surface area (Å²) in [5.74, 6) is -0.169. The third kappa shape index (κ3) is 45.4. The number of hydrogen-bond donors (Lipinski definition) is 6. The van der Waals surface area contributed by atoms with E-state index in [1.54, 1.807) is 6.08 Å². The molecule has 0 radical (unpaired) electrons. The molecular formula is C66H129NO8. The monoisotopic (exact) mass is 1060 g/mol. The number of aliphatic hydroxyl groups is 5. The lowest BCUT2D eigenvalue weighted by atomic mass is 9.99. The topological polar surface area (TPSA) is 149 Å². The maximum atomic E-state index is 13.1. The van der Waals surface area contributed by atoms with E-state index >= 15 is 0 Å². The smallest absolute Gasteiger partial charge is 0.220 e. The minimum atomic E-state index is -1.56. The summed E-state index contributed by atoms with van der Waals surface area (Å²) >= 11 is 0. The molecule has 1 amide bonds. The van der Waals surface area contributed by atoms with Gasteiger partial charge in [0.2, 0.25) is 5.91 Å². The van der Waals surface area contributed by atoms with Crippen molar-refractivity contribution < 1.29 is 39.8 Å². The SMILES string of the molecule is CCCCCCCCCCCCCCCC/C=C/[C@@H](O)[C@H](CO[C@@H]1O[C@H](CO)[C@H](O)C(O)C1O)NC(=O)CCCCCCCCCCCCCCCCCCCCCCCCCCCCCCCCCCCCCC. The lowest BCUT2D eigenvalue weighted by molar-refractivity contribution is -0.302. The summed E-state index contributed by atoms with van der Waals surface area (Å²) in [6.45, 7) is 3.83. The van der Waals surface area contributed by atoms with Crippen LogP contribution in [0.2, 0.25) is 0 Å². The Bertz CT molecular complexity index is 1190. The van der Waals surface area contributed by atoms with Crippen LogP contribution >= 0.6 is 0 Å². The van der Waals surface area contributed by atoms with E-state index in [0.717, 1.165) is 38.5 Å². The summed E-state index contributed by atoms with van der Waals surface area (Å²) in [6, 6.07) is -0.801. The highest BCUT2D eigenvalue weighted by atomic mass is 16.7. The Labute approximate surface area is 465 Å². The van der Waals surface area contributed by atoms with E-state index in [-0.39, 0.29) is 12.5 Å². The third-order valence-corrected chi connectivity index (χ3v) is 16.4. The van der Waals surface area contributed by atoms with Gasteiger partial charge in [0.05, 0.1) is 25.4 Å². The first kappa shape index (κ1) is 71.9. The van der Waals surface area contributed by atoms with Gasteiger partial charge in [-0.25, -0.2) is 0 Å². The summed E-state index contributed by atoms with van der Waals surface area (Å²) < 4.78 is 11.3. The summed E-state index contributed by atoms with van der Waals surface area (Å²) in [5.41, 5.74) is 0. The number of aliphatic hydroxyl groups excluding tert-OH is 5. The summed E-state index contributed by atoms with van der Waals surface area (Å²) in [6.07, 6.45) is 64.7. The van der Waals surface area contributed by atoms with Crippen LogP contribution in [0.3, 0.4) is 0 Å². The van der Waals surface area contributed by atoms with Gasteiger partial charge in [0.1, 0.15) is 24.4 Å². The lowest BCUT2D eigenvalue weighted by Crippen LogP contribution is -2.60. The Morgan fingerprint density at radius 2 is 0.733 bits per heavy atom. The highest BCUT2D eigenvalue weighted by Crippen LogP contribution is 2.23. The molecule has 6 N–H and O–H groups in total. The van der Waals surface area contributed by atoms with Gasteiger partial charge >= 0.3 is 0 Å². The molecule has 0 aromatic rings. The van der Waals surface area contributed by atoms with Crippen molar-refractivity contribution in [3.8, 4) is 0 Å². The highest BCUT2D eigenvalue weighted by molar-refractivity contribution is 5.76. The van der Waals surface area contributed by atoms with E-state index in [9.17, 15) is 30.3 Å². The molecule has 446 valence electrons. The molecule has 0 aromatic heterocycles. The zero-order chi connectivity index (χ0) is 54.3. The number of rotatable bonds is 59. The Morgan fingerprint density at radius 3 is 1.04 bits per heavy atom. The van der Waals surface area contributed by atoms with Crippen molar-refractivity contribution in [1.82, 2.24) is 5.32 Å². The van der Waals surface area contributed by atoms with Crippen LogP contribution in [0.1, 0.15) is 348 Å². The molecule has 1 aliphatic rings. The van der Waals surface area contributed by atoms with Crippen LogP contribution in [0.5, 0.6) is 0 Å². The molecule has 1 aliphatic heterocycles. The van der Waals surface area contributed by atoms with E-state index in [1.165, 1.54) is 289 Å². The second-order valence-electron chi connectivity index (χ2n) is 23.6. The number of hydrogen-bond acceptors (Lipinski definition) is 8. The number of nitrogens with one attached hydrogen (secondary N) is 1. The zero-order valence-electron chi connectivity index (χ0n) is 49.8. The van der Waals surface area contributed by atoms with Gasteiger partial charge in [-0.05, 0) is 19.3 Å². The average molecular weight is 1060 g/mol. The Morgan fingerprint density at radius 1 is 0.440 bits per heavy atom. The maximum absolute atomic E-state index is 13.1.